The van der Waals surface area contributed by atoms with Crippen LogP contribution in [-0.4, -0.2) is 23.8 Å². The zero-order valence-corrected chi connectivity index (χ0v) is 8.22. The molecule has 0 fully saturated rings. The van der Waals surface area contributed by atoms with Crippen molar-refractivity contribution in [3.05, 3.63) is 11.6 Å². The smallest absolute Gasteiger partial charge is 0.0649 e. The fraction of sp³-hybridized carbons (Fsp3) is 0.800. The van der Waals surface area contributed by atoms with Crippen LogP contribution in [-0.2, 0) is 0 Å². The molecule has 2 nitrogen and oxygen atoms in total. The van der Waals surface area contributed by atoms with Gasteiger partial charge in [0.15, 0.2) is 0 Å². The molecule has 0 saturated carbocycles. The van der Waals surface area contributed by atoms with Gasteiger partial charge in [-0.15, -0.1) is 0 Å². The van der Waals surface area contributed by atoms with Gasteiger partial charge in [0.2, 0.25) is 0 Å². The minimum atomic E-state index is -0.127. The van der Waals surface area contributed by atoms with E-state index < -0.39 is 0 Å². The standard InChI is InChI=1S/C10H19NO/c1-8(2)4-10(7-12)5-9(3)6-11-10/h5,8,11-12H,4,6-7H2,1-3H3. The Morgan fingerprint density at radius 1 is 1.67 bits per heavy atom. The molecule has 0 amide bonds. The van der Waals surface area contributed by atoms with Gasteiger partial charge in [0, 0.05) is 6.54 Å². The molecule has 0 aromatic rings. The summed E-state index contributed by atoms with van der Waals surface area (Å²) in [5.74, 6) is 0.617. The molecule has 1 aliphatic heterocycles. The molecule has 0 aromatic heterocycles. The van der Waals surface area contributed by atoms with Crippen LogP contribution in [0.15, 0.2) is 11.6 Å². The molecule has 0 spiro atoms. The lowest BCUT2D eigenvalue weighted by Gasteiger charge is -2.27. The second-order valence-corrected chi connectivity index (χ2v) is 4.26. The molecule has 1 unspecified atom stereocenters. The van der Waals surface area contributed by atoms with Gasteiger partial charge in [-0.25, -0.2) is 0 Å². The van der Waals surface area contributed by atoms with E-state index in [0.717, 1.165) is 13.0 Å². The molecule has 1 aliphatic rings. The Balaban J connectivity index is 2.65. The minimum Gasteiger partial charge on any atom is -0.394 e. The van der Waals surface area contributed by atoms with E-state index in [1.54, 1.807) is 0 Å². The summed E-state index contributed by atoms with van der Waals surface area (Å²) >= 11 is 0. The Morgan fingerprint density at radius 3 is 2.67 bits per heavy atom. The van der Waals surface area contributed by atoms with Gasteiger partial charge in [-0.3, -0.25) is 0 Å². The van der Waals surface area contributed by atoms with Crippen molar-refractivity contribution in [2.75, 3.05) is 13.2 Å². The van der Waals surface area contributed by atoms with Gasteiger partial charge >= 0.3 is 0 Å². The molecule has 1 atom stereocenters. The molecular weight excluding hydrogens is 150 g/mol. The third-order valence-corrected chi connectivity index (χ3v) is 2.30. The van der Waals surface area contributed by atoms with E-state index in [1.807, 2.05) is 0 Å². The predicted octanol–water partition coefficient (Wildman–Crippen LogP) is 1.31. The molecule has 1 rings (SSSR count). The van der Waals surface area contributed by atoms with Crippen molar-refractivity contribution < 1.29 is 5.11 Å². The third-order valence-electron chi connectivity index (χ3n) is 2.30. The lowest BCUT2D eigenvalue weighted by Crippen LogP contribution is -2.44. The molecule has 2 N–H and O–H groups in total. The Bertz CT molecular complexity index is 186. The van der Waals surface area contributed by atoms with Gasteiger partial charge in [0.1, 0.15) is 0 Å². The van der Waals surface area contributed by atoms with Crippen molar-refractivity contribution in [3.63, 3.8) is 0 Å². The molecule has 0 aromatic carbocycles. The van der Waals surface area contributed by atoms with Crippen LogP contribution in [0.25, 0.3) is 0 Å². The first-order valence-corrected chi connectivity index (χ1v) is 4.62. The number of hydrogen-bond donors (Lipinski definition) is 2. The number of hydrogen-bond acceptors (Lipinski definition) is 2. The predicted molar refractivity (Wildman–Crippen MR) is 51.0 cm³/mol. The fourth-order valence-electron chi connectivity index (χ4n) is 1.91. The van der Waals surface area contributed by atoms with Crippen molar-refractivity contribution in [2.24, 2.45) is 5.92 Å². The first-order valence-electron chi connectivity index (χ1n) is 4.62. The molecule has 12 heavy (non-hydrogen) atoms. The maximum Gasteiger partial charge on any atom is 0.0649 e. The van der Waals surface area contributed by atoms with Crippen LogP contribution in [0.3, 0.4) is 0 Å². The SMILES string of the molecule is CC1=CC(CO)(CC(C)C)NC1. The Morgan fingerprint density at radius 2 is 2.33 bits per heavy atom. The van der Waals surface area contributed by atoms with Crippen LogP contribution in [0.2, 0.25) is 0 Å². The maximum atomic E-state index is 9.28. The average molecular weight is 169 g/mol. The first-order chi connectivity index (χ1) is 5.58. The third kappa shape index (κ3) is 2.08. The van der Waals surface area contributed by atoms with E-state index >= 15 is 0 Å². The van der Waals surface area contributed by atoms with Gasteiger partial charge in [0.05, 0.1) is 12.1 Å². The molecule has 70 valence electrons. The van der Waals surface area contributed by atoms with Crippen molar-refractivity contribution in [1.82, 2.24) is 5.32 Å². The highest BCUT2D eigenvalue weighted by atomic mass is 16.3. The van der Waals surface area contributed by atoms with Crippen molar-refractivity contribution in [1.29, 1.82) is 0 Å². The minimum absolute atomic E-state index is 0.127. The summed E-state index contributed by atoms with van der Waals surface area (Å²) in [7, 11) is 0. The molecule has 2 heteroatoms. The first kappa shape index (κ1) is 9.75. The largest absolute Gasteiger partial charge is 0.394 e. The quantitative estimate of drug-likeness (QED) is 0.624. The number of rotatable bonds is 3. The van der Waals surface area contributed by atoms with E-state index in [0.29, 0.717) is 5.92 Å². The van der Waals surface area contributed by atoms with Crippen molar-refractivity contribution in [3.8, 4) is 0 Å². The van der Waals surface area contributed by atoms with E-state index in [1.165, 1.54) is 5.57 Å². The Hall–Kier alpha value is -0.340. The average Bonchev–Trinajstić information content (AvgIpc) is 2.32. The lowest BCUT2D eigenvalue weighted by atomic mass is 9.90. The summed E-state index contributed by atoms with van der Waals surface area (Å²) in [6.45, 7) is 7.60. The van der Waals surface area contributed by atoms with Gasteiger partial charge < -0.3 is 10.4 Å². The van der Waals surface area contributed by atoms with Crippen molar-refractivity contribution in [2.45, 2.75) is 32.7 Å². The van der Waals surface area contributed by atoms with Crippen LogP contribution in [0.1, 0.15) is 27.2 Å². The summed E-state index contributed by atoms with van der Waals surface area (Å²) in [4.78, 5) is 0. The van der Waals surface area contributed by atoms with Crippen LogP contribution in [0, 0.1) is 5.92 Å². The normalized spacial score (nSPS) is 29.6. The van der Waals surface area contributed by atoms with Crippen LogP contribution < -0.4 is 5.32 Å². The second-order valence-electron chi connectivity index (χ2n) is 4.26. The van der Waals surface area contributed by atoms with Crippen LogP contribution in [0.4, 0.5) is 0 Å². The van der Waals surface area contributed by atoms with Gasteiger partial charge in [-0.05, 0) is 19.3 Å². The zero-order chi connectivity index (χ0) is 9.19. The topological polar surface area (TPSA) is 32.3 Å². The molecule has 0 saturated heterocycles. The van der Waals surface area contributed by atoms with Crippen LogP contribution in [0.5, 0.6) is 0 Å². The summed E-state index contributed by atoms with van der Waals surface area (Å²) < 4.78 is 0. The Kier molecular flexibility index (Phi) is 2.91. The highest BCUT2D eigenvalue weighted by molar-refractivity contribution is 5.21. The highest BCUT2D eigenvalue weighted by Crippen LogP contribution is 2.23. The second kappa shape index (κ2) is 3.58. The van der Waals surface area contributed by atoms with Crippen LogP contribution >= 0.6 is 0 Å². The summed E-state index contributed by atoms with van der Waals surface area (Å²) in [5, 5.41) is 12.6. The fourth-order valence-corrected chi connectivity index (χ4v) is 1.91. The molecular formula is C10H19NO. The summed E-state index contributed by atoms with van der Waals surface area (Å²) in [6, 6.07) is 0. The van der Waals surface area contributed by atoms with Crippen molar-refractivity contribution >= 4 is 0 Å². The zero-order valence-electron chi connectivity index (χ0n) is 8.22. The van der Waals surface area contributed by atoms with Gasteiger partial charge in [-0.2, -0.15) is 0 Å². The van der Waals surface area contributed by atoms with E-state index in [9.17, 15) is 5.11 Å². The molecule has 0 bridgehead atoms. The number of nitrogens with one attached hydrogen (secondary N) is 1. The molecule has 1 heterocycles. The Labute approximate surface area is 74.7 Å². The van der Waals surface area contributed by atoms with E-state index in [2.05, 4.69) is 32.2 Å². The highest BCUT2D eigenvalue weighted by Gasteiger charge is 2.30. The van der Waals surface area contributed by atoms with E-state index in [4.69, 9.17) is 0 Å². The molecule has 0 aliphatic carbocycles. The lowest BCUT2D eigenvalue weighted by molar-refractivity contribution is 0.185. The summed E-state index contributed by atoms with van der Waals surface area (Å²) in [6.07, 6.45) is 3.19. The number of aliphatic hydroxyl groups excluding tert-OH is 1. The number of aliphatic hydroxyl groups is 1. The van der Waals surface area contributed by atoms with Gasteiger partial charge in [-0.1, -0.05) is 25.5 Å². The van der Waals surface area contributed by atoms with Gasteiger partial charge in [0.25, 0.3) is 0 Å². The molecule has 0 radical (unpaired) electrons. The monoisotopic (exact) mass is 169 g/mol. The summed E-state index contributed by atoms with van der Waals surface area (Å²) in [5.41, 5.74) is 1.21. The van der Waals surface area contributed by atoms with E-state index in [-0.39, 0.29) is 12.1 Å². The maximum absolute atomic E-state index is 9.28.